The summed E-state index contributed by atoms with van der Waals surface area (Å²) in [5.41, 5.74) is 6.63. The number of carbonyl (C=O) groups is 1. The molecule has 0 aliphatic carbocycles. The minimum Gasteiger partial charge on any atom is -0.399 e. The molecule has 5 nitrogen and oxygen atoms in total. The Morgan fingerprint density at radius 1 is 1.42 bits per heavy atom. The van der Waals surface area contributed by atoms with Gasteiger partial charge in [0.1, 0.15) is 5.75 Å². The predicted octanol–water partition coefficient (Wildman–Crippen LogP) is 1.27. The molecular formula is C13H20N2O3S. The van der Waals surface area contributed by atoms with E-state index < -0.39 is 21.5 Å². The molecule has 1 amide bonds. The highest BCUT2D eigenvalue weighted by Gasteiger charge is 2.21. The molecule has 1 rings (SSSR count). The third kappa shape index (κ3) is 4.24. The van der Waals surface area contributed by atoms with E-state index in [2.05, 4.69) is 5.32 Å². The summed E-state index contributed by atoms with van der Waals surface area (Å²) < 4.78 is 24.3. The van der Waals surface area contributed by atoms with Crippen molar-refractivity contribution in [3.05, 3.63) is 23.8 Å². The summed E-state index contributed by atoms with van der Waals surface area (Å²) in [5, 5.41) is 2.64. The van der Waals surface area contributed by atoms with Crippen molar-refractivity contribution in [1.29, 1.82) is 0 Å². The second-order valence-corrected chi connectivity index (χ2v) is 6.62. The third-order valence-electron chi connectivity index (χ3n) is 2.87. The first-order chi connectivity index (χ1) is 8.76. The Bertz CT molecular complexity index is 567. The molecule has 0 saturated carbocycles. The lowest BCUT2D eigenvalue weighted by atomic mass is 10.2. The summed E-state index contributed by atoms with van der Waals surface area (Å²) in [6.45, 7) is 5.42. The van der Waals surface area contributed by atoms with Crippen LogP contribution in [0.5, 0.6) is 0 Å². The fourth-order valence-electron chi connectivity index (χ4n) is 1.69. The number of hydrogen-bond donors (Lipinski definition) is 2. The largest absolute Gasteiger partial charge is 0.399 e. The van der Waals surface area contributed by atoms with Crippen molar-refractivity contribution in [2.24, 2.45) is 0 Å². The molecule has 0 bridgehead atoms. The Balaban J connectivity index is 2.90. The zero-order chi connectivity index (χ0) is 14.6. The van der Waals surface area contributed by atoms with Crippen molar-refractivity contribution in [2.75, 3.05) is 11.5 Å². The number of rotatable bonds is 5. The van der Waals surface area contributed by atoms with Gasteiger partial charge in [-0.25, -0.2) is 8.42 Å². The van der Waals surface area contributed by atoms with Gasteiger partial charge in [-0.3, -0.25) is 4.79 Å². The molecule has 6 heteroatoms. The monoisotopic (exact) mass is 284 g/mol. The average molecular weight is 284 g/mol. The van der Waals surface area contributed by atoms with E-state index in [4.69, 9.17) is 5.73 Å². The first-order valence-electron chi connectivity index (χ1n) is 6.14. The number of hydrogen-bond acceptors (Lipinski definition) is 4. The lowest BCUT2D eigenvalue weighted by Gasteiger charge is -2.12. The molecule has 19 heavy (non-hydrogen) atoms. The Kier molecular flexibility index (Phi) is 4.94. The van der Waals surface area contributed by atoms with E-state index in [1.807, 2.05) is 13.8 Å². The van der Waals surface area contributed by atoms with E-state index in [9.17, 15) is 13.2 Å². The quantitative estimate of drug-likeness (QED) is 0.797. The molecule has 0 aliphatic rings. The number of sulfone groups is 1. The highest BCUT2D eigenvalue weighted by atomic mass is 32.2. The summed E-state index contributed by atoms with van der Waals surface area (Å²) in [6, 6.07) is 4.51. The lowest BCUT2D eigenvalue weighted by Crippen LogP contribution is -2.36. The maximum absolute atomic E-state index is 12.1. The number of anilines is 1. The average Bonchev–Trinajstić information content (AvgIpc) is 2.26. The molecular weight excluding hydrogens is 264 g/mol. The van der Waals surface area contributed by atoms with Gasteiger partial charge >= 0.3 is 0 Å². The normalized spacial score (nSPS) is 13.0. The van der Waals surface area contributed by atoms with Crippen LogP contribution in [-0.2, 0) is 14.6 Å². The number of aryl methyl sites for hydroxylation is 1. The first kappa shape index (κ1) is 15.5. The van der Waals surface area contributed by atoms with Gasteiger partial charge in [-0.05, 0) is 44.0 Å². The number of benzene rings is 1. The second kappa shape index (κ2) is 6.06. The fraction of sp³-hybridized carbons (Fsp3) is 0.462. The van der Waals surface area contributed by atoms with E-state index >= 15 is 0 Å². The van der Waals surface area contributed by atoms with Gasteiger partial charge in [0.05, 0.1) is 4.90 Å². The molecule has 106 valence electrons. The first-order valence-corrected chi connectivity index (χ1v) is 7.79. The van der Waals surface area contributed by atoms with Crippen molar-refractivity contribution in [1.82, 2.24) is 5.32 Å². The molecule has 0 saturated heterocycles. The molecule has 0 heterocycles. The van der Waals surface area contributed by atoms with Crippen LogP contribution in [0.3, 0.4) is 0 Å². The highest BCUT2D eigenvalue weighted by molar-refractivity contribution is 7.92. The van der Waals surface area contributed by atoms with Crippen LogP contribution in [0.15, 0.2) is 23.1 Å². The van der Waals surface area contributed by atoms with Crippen molar-refractivity contribution in [3.8, 4) is 0 Å². The zero-order valence-corrected chi connectivity index (χ0v) is 12.3. The van der Waals surface area contributed by atoms with Crippen molar-refractivity contribution in [3.63, 3.8) is 0 Å². The van der Waals surface area contributed by atoms with E-state index in [0.717, 1.165) is 6.42 Å². The van der Waals surface area contributed by atoms with Crippen LogP contribution < -0.4 is 11.1 Å². The van der Waals surface area contributed by atoms with Crippen LogP contribution in [0.1, 0.15) is 25.8 Å². The summed E-state index contributed by atoms with van der Waals surface area (Å²) in [7, 11) is -3.63. The van der Waals surface area contributed by atoms with Crippen LogP contribution in [-0.4, -0.2) is 26.1 Å². The molecule has 3 N–H and O–H groups in total. The maximum Gasteiger partial charge on any atom is 0.235 e. The van der Waals surface area contributed by atoms with Gasteiger partial charge in [-0.1, -0.05) is 6.92 Å². The lowest BCUT2D eigenvalue weighted by molar-refractivity contribution is -0.119. The van der Waals surface area contributed by atoms with Crippen molar-refractivity contribution >= 4 is 21.4 Å². The Morgan fingerprint density at radius 3 is 2.58 bits per heavy atom. The van der Waals surface area contributed by atoms with Gasteiger partial charge in [0.15, 0.2) is 9.84 Å². The predicted molar refractivity (Wildman–Crippen MR) is 75.5 cm³/mol. The summed E-state index contributed by atoms with van der Waals surface area (Å²) in [5.74, 6) is -1.02. The summed E-state index contributed by atoms with van der Waals surface area (Å²) >= 11 is 0. The van der Waals surface area contributed by atoms with Gasteiger partial charge in [0, 0.05) is 11.7 Å². The molecule has 0 aromatic heterocycles. The van der Waals surface area contributed by atoms with E-state index in [1.54, 1.807) is 13.0 Å². The van der Waals surface area contributed by atoms with E-state index in [1.165, 1.54) is 12.1 Å². The van der Waals surface area contributed by atoms with Crippen molar-refractivity contribution in [2.45, 2.75) is 38.1 Å². The molecule has 1 atom stereocenters. The van der Waals surface area contributed by atoms with Crippen LogP contribution >= 0.6 is 0 Å². The minimum absolute atomic E-state index is 0.0322. The second-order valence-electron chi connectivity index (χ2n) is 4.66. The zero-order valence-electron chi connectivity index (χ0n) is 11.4. The van der Waals surface area contributed by atoms with E-state index in [-0.39, 0.29) is 10.9 Å². The highest BCUT2D eigenvalue weighted by Crippen LogP contribution is 2.19. The van der Waals surface area contributed by atoms with Crippen LogP contribution in [0.2, 0.25) is 0 Å². The Hall–Kier alpha value is -1.56. The van der Waals surface area contributed by atoms with Crippen LogP contribution in [0.4, 0.5) is 5.69 Å². The number of nitrogens with one attached hydrogen (secondary N) is 1. The molecule has 0 spiro atoms. The van der Waals surface area contributed by atoms with Crippen LogP contribution in [0, 0.1) is 6.92 Å². The maximum atomic E-state index is 12.1. The Labute approximate surface area is 114 Å². The smallest absolute Gasteiger partial charge is 0.235 e. The van der Waals surface area contributed by atoms with Crippen molar-refractivity contribution < 1.29 is 13.2 Å². The molecule has 0 aliphatic heterocycles. The topological polar surface area (TPSA) is 89.3 Å². The summed E-state index contributed by atoms with van der Waals surface area (Å²) in [4.78, 5) is 11.8. The number of nitrogens with two attached hydrogens (primary N) is 1. The van der Waals surface area contributed by atoms with Gasteiger partial charge < -0.3 is 11.1 Å². The number of nitrogen functional groups attached to an aromatic ring is 1. The molecule has 1 aromatic rings. The van der Waals surface area contributed by atoms with Gasteiger partial charge in [0.25, 0.3) is 0 Å². The minimum atomic E-state index is -3.63. The van der Waals surface area contributed by atoms with Gasteiger partial charge in [0.2, 0.25) is 5.91 Å². The third-order valence-corrected chi connectivity index (χ3v) is 4.65. The molecule has 1 unspecified atom stereocenters. The fourth-order valence-corrected chi connectivity index (χ4v) is 3.10. The van der Waals surface area contributed by atoms with Gasteiger partial charge in [-0.2, -0.15) is 0 Å². The number of carbonyl (C=O) groups excluding carboxylic acids is 1. The molecule has 0 fully saturated rings. The standard InChI is InChI=1S/C13H20N2O3S/c1-4-10(3)15-13(16)8-19(17,18)12-6-5-11(14)7-9(12)2/h5-7,10H,4,8,14H2,1-3H3,(H,15,16). The number of amides is 1. The summed E-state index contributed by atoms with van der Waals surface area (Å²) in [6.07, 6.45) is 0.757. The van der Waals surface area contributed by atoms with E-state index in [0.29, 0.717) is 11.3 Å². The SMILES string of the molecule is CCC(C)NC(=O)CS(=O)(=O)c1ccc(N)cc1C. The molecule has 1 aromatic carbocycles. The van der Waals surface area contributed by atoms with Gasteiger partial charge in [-0.15, -0.1) is 0 Å². The Morgan fingerprint density at radius 2 is 2.05 bits per heavy atom. The molecule has 0 radical (unpaired) electrons. The van der Waals surface area contributed by atoms with Crippen LogP contribution in [0.25, 0.3) is 0 Å².